The van der Waals surface area contributed by atoms with Crippen LogP contribution in [-0.4, -0.2) is 21.3 Å². The molecule has 2 aromatic carbocycles. The fourth-order valence-corrected chi connectivity index (χ4v) is 2.55. The number of nitrogens with zero attached hydrogens (tertiary/aromatic N) is 2. The summed E-state index contributed by atoms with van der Waals surface area (Å²) in [6.45, 7) is 4.10. The summed E-state index contributed by atoms with van der Waals surface area (Å²) in [5, 5.41) is 20.5. The Kier molecular flexibility index (Phi) is 4.24. The lowest BCUT2D eigenvalue weighted by atomic mass is 10.1. The van der Waals surface area contributed by atoms with Crippen LogP contribution in [0.3, 0.4) is 0 Å². The SMILES string of the molecule is Cc1cc(C)cc(-c2ccc(Nc3cccc(C(=O)O)c3)nn2)c1. The number of hydrogen-bond donors (Lipinski definition) is 2. The van der Waals surface area contributed by atoms with Gasteiger partial charge in [-0.2, -0.15) is 0 Å². The van der Waals surface area contributed by atoms with Crippen molar-refractivity contribution in [2.24, 2.45) is 0 Å². The normalized spacial score (nSPS) is 10.4. The van der Waals surface area contributed by atoms with E-state index in [0.29, 0.717) is 11.5 Å². The van der Waals surface area contributed by atoms with Crippen LogP contribution in [0.25, 0.3) is 11.3 Å². The third-order valence-corrected chi connectivity index (χ3v) is 3.56. The number of carboxylic acids is 1. The van der Waals surface area contributed by atoms with Crippen molar-refractivity contribution in [3.05, 3.63) is 71.3 Å². The van der Waals surface area contributed by atoms with Crippen molar-refractivity contribution in [1.29, 1.82) is 0 Å². The Morgan fingerprint density at radius 1 is 0.958 bits per heavy atom. The molecule has 0 aliphatic carbocycles. The molecule has 0 saturated heterocycles. The zero-order valence-electron chi connectivity index (χ0n) is 13.4. The molecular formula is C19H17N3O2. The van der Waals surface area contributed by atoms with Crippen LogP contribution in [0.1, 0.15) is 21.5 Å². The summed E-state index contributed by atoms with van der Waals surface area (Å²) in [6.07, 6.45) is 0. The van der Waals surface area contributed by atoms with Crippen LogP contribution in [0.15, 0.2) is 54.6 Å². The number of carbonyl (C=O) groups is 1. The third-order valence-electron chi connectivity index (χ3n) is 3.56. The number of aryl methyl sites for hydroxylation is 2. The molecule has 3 rings (SSSR count). The standard InChI is InChI=1S/C19H17N3O2/c1-12-8-13(2)10-15(9-12)17-6-7-18(22-21-17)20-16-5-3-4-14(11-16)19(23)24/h3-11H,1-2H3,(H,20,22)(H,23,24). The van der Waals surface area contributed by atoms with Crippen molar-refractivity contribution < 1.29 is 9.90 Å². The molecule has 2 N–H and O–H groups in total. The highest BCUT2D eigenvalue weighted by Gasteiger charge is 2.06. The predicted molar refractivity (Wildman–Crippen MR) is 93.6 cm³/mol. The second-order valence-corrected chi connectivity index (χ2v) is 5.69. The molecule has 0 bridgehead atoms. The van der Waals surface area contributed by atoms with Crippen molar-refractivity contribution in [1.82, 2.24) is 10.2 Å². The molecule has 3 aromatic rings. The van der Waals surface area contributed by atoms with Gasteiger partial charge in [-0.1, -0.05) is 23.3 Å². The second kappa shape index (κ2) is 6.50. The molecule has 1 heterocycles. The van der Waals surface area contributed by atoms with Gasteiger partial charge < -0.3 is 10.4 Å². The average Bonchev–Trinajstić information content (AvgIpc) is 2.55. The van der Waals surface area contributed by atoms with Gasteiger partial charge in [-0.25, -0.2) is 4.79 Å². The summed E-state index contributed by atoms with van der Waals surface area (Å²) in [5.74, 6) is -0.402. The minimum absolute atomic E-state index is 0.222. The smallest absolute Gasteiger partial charge is 0.335 e. The summed E-state index contributed by atoms with van der Waals surface area (Å²) in [7, 11) is 0. The van der Waals surface area contributed by atoms with E-state index >= 15 is 0 Å². The van der Waals surface area contributed by atoms with Crippen molar-refractivity contribution >= 4 is 17.5 Å². The van der Waals surface area contributed by atoms with Crippen molar-refractivity contribution in [2.45, 2.75) is 13.8 Å². The van der Waals surface area contributed by atoms with E-state index in [9.17, 15) is 4.79 Å². The molecule has 0 spiro atoms. The summed E-state index contributed by atoms with van der Waals surface area (Å²) >= 11 is 0. The molecule has 0 radical (unpaired) electrons. The lowest BCUT2D eigenvalue weighted by Gasteiger charge is -2.07. The Labute approximate surface area is 140 Å². The largest absolute Gasteiger partial charge is 0.478 e. The van der Waals surface area contributed by atoms with Crippen molar-refractivity contribution in [3.63, 3.8) is 0 Å². The van der Waals surface area contributed by atoms with Gasteiger partial charge in [0.05, 0.1) is 11.3 Å². The van der Waals surface area contributed by atoms with E-state index in [2.05, 4.69) is 47.6 Å². The lowest BCUT2D eigenvalue weighted by molar-refractivity contribution is 0.0697. The first-order chi connectivity index (χ1) is 11.5. The Balaban J connectivity index is 1.82. The first-order valence-corrected chi connectivity index (χ1v) is 7.54. The van der Waals surface area contributed by atoms with Gasteiger partial charge in [0.25, 0.3) is 0 Å². The van der Waals surface area contributed by atoms with Crippen LogP contribution in [0.4, 0.5) is 11.5 Å². The van der Waals surface area contributed by atoms with Crippen LogP contribution >= 0.6 is 0 Å². The van der Waals surface area contributed by atoms with E-state index in [1.807, 2.05) is 12.1 Å². The average molecular weight is 319 g/mol. The molecule has 0 aliphatic rings. The first-order valence-electron chi connectivity index (χ1n) is 7.54. The molecule has 120 valence electrons. The number of rotatable bonds is 4. The molecule has 24 heavy (non-hydrogen) atoms. The highest BCUT2D eigenvalue weighted by atomic mass is 16.4. The number of carboxylic acid groups (broad SMARTS) is 1. The number of aromatic carboxylic acids is 1. The maximum Gasteiger partial charge on any atom is 0.335 e. The number of aromatic nitrogens is 2. The molecular weight excluding hydrogens is 302 g/mol. The third kappa shape index (κ3) is 3.57. The van der Waals surface area contributed by atoms with E-state index in [0.717, 1.165) is 11.3 Å². The molecule has 5 nitrogen and oxygen atoms in total. The monoisotopic (exact) mass is 319 g/mol. The van der Waals surface area contributed by atoms with E-state index in [1.54, 1.807) is 24.3 Å². The van der Waals surface area contributed by atoms with Gasteiger partial charge in [-0.3, -0.25) is 0 Å². The van der Waals surface area contributed by atoms with Crippen LogP contribution < -0.4 is 5.32 Å². The molecule has 0 amide bonds. The van der Waals surface area contributed by atoms with E-state index in [1.165, 1.54) is 11.1 Å². The zero-order chi connectivity index (χ0) is 17.1. The number of anilines is 2. The summed E-state index contributed by atoms with van der Waals surface area (Å²) in [5.41, 5.74) is 5.06. The van der Waals surface area contributed by atoms with Gasteiger partial charge in [0.1, 0.15) is 0 Å². The van der Waals surface area contributed by atoms with E-state index in [-0.39, 0.29) is 5.56 Å². The van der Waals surface area contributed by atoms with Crippen LogP contribution in [0.2, 0.25) is 0 Å². The van der Waals surface area contributed by atoms with E-state index in [4.69, 9.17) is 5.11 Å². The fraction of sp³-hybridized carbons (Fsp3) is 0.105. The second-order valence-electron chi connectivity index (χ2n) is 5.69. The highest BCUT2D eigenvalue weighted by molar-refractivity contribution is 5.89. The minimum Gasteiger partial charge on any atom is -0.478 e. The highest BCUT2D eigenvalue weighted by Crippen LogP contribution is 2.22. The number of hydrogen-bond acceptors (Lipinski definition) is 4. The summed E-state index contributed by atoms with van der Waals surface area (Å²) in [4.78, 5) is 11.0. The summed E-state index contributed by atoms with van der Waals surface area (Å²) < 4.78 is 0. The topological polar surface area (TPSA) is 75.1 Å². The zero-order valence-corrected chi connectivity index (χ0v) is 13.4. The molecule has 0 unspecified atom stereocenters. The van der Waals surface area contributed by atoms with Crippen molar-refractivity contribution in [2.75, 3.05) is 5.32 Å². The molecule has 1 aromatic heterocycles. The molecule has 5 heteroatoms. The Hall–Kier alpha value is -3.21. The van der Waals surface area contributed by atoms with Crippen LogP contribution in [0.5, 0.6) is 0 Å². The maximum absolute atomic E-state index is 11.0. The molecule has 0 atom stereocenters. The minimum atomic E-state index is -0.963. The number of benzene rings is 2. The maximum atomic E-state index is 11.0. The van der Waals surface area contributed by atoms with Gasteiger partial charge in [-0.05, 0) is 56.3 Å². The van der Waals surface area contributed by atoms with Crippen LogP contribution in [-0.2, 0) is 0 Å². The lowest BCUT2D eigenvalue weighted by Crippen LogP contribution is -2.00. The van der Waals surface area contributed by atoms with Gasteiger partial charge >= 0.3 is 5.97 Å². The van der Waals surface area contributed by atoms with E-state index < -0.39 is 5.97 Å². The van der Waals surface area contributed by atoms with Gasteiger partial charge in [0.2, 0.25) is 0 Å². The fourth-order valence-electron chi connectivity index (χ4n) is 2.55. The summed E-state index contributed by atoms with van der Waals surface area (Å²) in [6, 6.07) is 16.5. The van der Waals surface area contributed by atoms with Gasteiger partial charge in [0.15, 0.2) is 5.82 Å². The number of nitrogens with one attached hydrogen (secondary N) is 1. The first kappa shape index (κ1) is 15.7. The Morgan fingerprint density at radius 3 is 2.33 bits per heavy atom. The predicted octanol–water partition coefficient (Wildman–Crippen LogP) is 4.20. The van der Waals surface area contributed by atoms with Gasteiger partial charge in [0, 0.05) is 11.3 Å². The molecule has 0 saturated carbocycles. The Morgan fingerprint density at radius 2 is 1.71 bits per heavy atom. The molecule has 0 aliphatic heterocycles. The molecule has 0 fully saturated rings. The van der Waals surface area contributed by atoms with Gasteiger partial charge in [-0.15, -0.1) is 10.2 Å². The van der Waals surface area contributed by atoms with Crippen molar-refractivity contribution in [3.8, 4) is 11.3 Å². The van der Waals surface area contributed by atoms with Crippen LogP contribution in [0, 0.1) is 13.8 Å². The quantitative estimate of drug-likeness (QED) is 0.753. The Bertz CT molecular complexity index is 869.